The van der Waals surface area contributed by atoms with Crippen LogP contribution in [0.5, 0.6) is 0 Å². The van der Waals surface area contributed by atoms with Gasteiger partial charge in [-0.2, -0.15) is 0 Å². The number of nitrogens with zero attached hydrogens (tertiary/aromatic N) is 1. The summed E-state index contributed by atoms with van der Waals surface area (Å²) >= 11 is 0. The molecule has 4 nitrogen and oxygen atoms in total. The van der Waals surface area contributed by atoms with Gasteiger partial charge in [-0.25, -0.2) is 4.39 Å². The average Bonchev–Trinajstić information content (AvgIpc) is 2.50. The van der Waals surface area contributed by atoms with Crippen molar-refractivity contribution in [3.63, 3.8) is 0 Å². The van der Waals surface area contributed by atoms with E-state index >= 15 is 0 Å². The van der Waals surface area contributed by atoms with Crippen LogP contribution in [0.4, 0.5) is 4.39 Å². The number of amides is 1. The summed E-state index contributed by atoms with van der Waals surface area (Å²) < 4.78 is 13.4. The third kappa shape index (κ3) is 3.04. The molecule has 0 spiro atoms. The highest BCUT2D eigenvalue weighted by Crippen LogP contribution is 2.46. The minimum atomic E-state index is -0.863. The van der Waals surface area contributed by atoms with Gasteiger partial charge in [0.2, 0.25) is 5.91 Å². The summed E-state index contributed by atoms with van der Waals surface area (Å²) in [6.45, 7) is 2.60. The minimum Gasteiger partial charge on any atom is -0.481 e. The van der Waals surface area contributed by atoms with E-state index in [-0.39, 0.29) is 18.3 Å². The number of rotatable bonds is 4. The summed E-state index contributed by atoms with van der Waals surface area (Å²) in [6.07, 6.45) is 4.42. The van der Waals surface area contributed by atoms with Gasteiger partial charge in [0, 0.05) is 13.1 Å². The zero-order valence-corrected chi connectivity index (χ0v) is 14.1. The van der Waals surface area contributed by atoms with Gasteiger partial charge in [0.25, 0.3) is 0 Å². The number of piperidine rings is 1. The number of carbonyl (C=O) groups excluding carboxylic acids is 1. The van der Waals surface area contributed by atoms with Gasteiger partial charge >= 0.3 is 5.97 Å². The lowest BCUT2D eigenvalue weighted by molar-refractivity contribution is -0.159. The summed E-state index contributed by atoms with van der Waals surface area (Å²) in [4.78, 5) is 26.4. The SMILES string of the molecule is CC1(C(=O)O)CCCN(C(=O)C2(Cc3cccc(F)c3)CCC2)C1. The molecular weight excluding hydrogens is 309 g/mol. The van der Waals surface area contributed by atoms with Gasteiger partial charge in [0.1, 0.15) is 5.82 Å². The fraction of sp³-hybridized carbons (Fsp3) is 0.579. The van der Waals surface area contributed by atoms with Crippen LogP contribution in [0.15, 0.2) is 24.3 Å². The Bertz CT molecular complexity index is 656. The van der Waals surface area contributed by atoms with E-state index in [9.17, 15) is 19.1 Å². The number of hydrogen-bond acceptors (Lipinski definition) is 2. The highest BCUT2D eigenvalue weighted by atomic mass is 19.1. The molecule has 1 atom stereocenters. The Morgan fingerprint density at radius 1 is 1.25 bits per heavy atom. The molecule has 1 saturated carbocycles. The first-order chi connectivity index (χ1) is 11.3. The van der Waals surface area contributed by atoms with Crippen molar-refractivity contribution in [2.24, 2.45) is 10.8 Å². The molecular formula is C19H24FNO3. The van der Waals surface area contributed by atoms with Crippen LogP contribution in [-0.4, -0.2) is 35.0 Å². The monoisotopic (exact) mass is 333 g/mol. The van der Waals surface area contributed by atoms with E-state index in [4.69, 9.17) is 0 Å². The zero-order valence-electron chi connectivity index (χ0n) is 14.1. The van der Waals surface area contributed by atoms with Gasteiger partial charge in [0.05, 0.1) is 10.8 Å². The second-order valence-corrected chi connectivity index (χ2v) is 7.64. The first-order valence-corrected chi connectivity index (χ1v) is 8.62. The van der Waals surface area contributed by atoms with E-state index in [2.05, 4.69) is 0 Å². The maximum absolute atomic E-state index is 13.4. The molecule has 1 aromatic carbocycles. The number of carboxylic acids is 1. The van der Waals surface area contributed by atoms with Crippen LogP contribution in [0, 0.1) is 16.6 Å². The quantitative estimate of drug-likeness (QED) is 0.920. The van der Waals surface area contributed by atoms with Crippen molar-refractivity contribution in [1.29, 1.82) is 0 Å². The highest BCUT2D eigenvalue weighted by molar-refractivity contribution is 5.85. The average molecular weight is 333 g/mol. The molecule has 1 aliphatic carbocycles. The predicted molar refractivity (Wildman–Crippen MR) is 87.9 cm³/mol. The second kappa shape index (κ2) is 6.19. The Morgan fingerprint density at radius 2 is 2.00 bits per heavy atom. The third-order valence-electron chi connectivity index (χ3n) is 5.70. The Labute approximate surface area is 141 Å². The molecule has 1 aromatic rings. The number of carbonyl (C=O) groups is 2. The van der Waals surface area contributed by atoms with Crippen molar-refractivity contribution in [2.75, 3.05) is 13.1 Å². The largest absolute Gasteiger partial charge is 0.481 e. The van der Waals surface area contributed by atoms with Crippen LogP contribution in [0.1, 0.15) is 44.6 Å². The van der Waals surface area contributed by atoms with Gasteiger partial charge in [-0.1, -0.05) is 18.6 Å². The molecule has 1 saturated heterocycles. The van der Waals surface area contributed by atoms with Crippen LogP contribution >= 0.6 is 0 Å². The summed E-state index contributed by atoms with van der Waals surface area (Å²) in [6, 6.07) is 6.42. The lowest BCUT2D eigenvalue weighted by Crippen LogP contribution is -2.55. The third-order valence-corrected chi connectivity index (χ3v) is 5.70. The molecule has 1 N–H and O–H groups in total. The van der Waals surface area contributed by atoms with Gasteiger partial charge in [-0.05, 0) is 56.7 Å². The molecule has 0 radical (unpaired) electrons. The van der Waals surface area contributed by atoms with Gasteiger partial charge in [0.15, 0.2) is 0 Å². The molecule has 5 heteroatoms. The zero-order chi connectivity index (χ0) is 17.4. The standard InChI is InChI=1S/C19H24FNO3/c1-18(17(23)24)7-4-10-21(13-18)16(22)19(8-3-9-19)12-14-5-2-6-15(20)11-14/h2,5-6,11H,3-4,7-10,12-13H2,1H3,(H,23,24). The van der Waals surface area contributed by atoms with Gasteiger partial charge < -0.3 is 10.0 Å². The number of hydrogen-bond donors (Lipinski definition) is 1. The lowest BCUT2D eigenvalue weighted by Gasteiger charge is -2.47. The van der Waals surface area contributed by atoms with E-state index in [0.717, 1.165) is 24.8 Å². The van der Waals surface area contributed by atoms with Crippen molar-refractivity contribution in [1.82, 2.24) is 4.90 Å². The van der Waals surface area contributed by atoms with Crippen LogP contribution in [0.3, 0.4) is 0 Å². The molecule has 2 fully saturated rings. The number of likely N-dealkylation sites (tertiary alicyclic amines) is 1. The fourth-order valence-electron chi connectivity index (χ4n) is 4.03. The molecule has 0 bridgehead atoms. The van der Waals surface area contributed by atoms with E-state index < -0.39 is 16.8 Å². The molecule has 1 aliphatic heterocycles. The Hall–Kier alpha value is -1.91. The topological polar surface area (TPSA) is 57.6 Å². The van der Waals surface area contributed by atoms with Crippen molar-refractivity contribution >= 4 is 11.9 Å². The maximum Gasteiger partial charge on any atom is 0.311 e. The van der Waals surface area contributed by atoms with Crippen LogP contribution in [0.25, 0.3) is 0 Å². The molecule has 130 valence electrons. The molecule has 2 aliphatic rings. The van der Waals surface area contributed by atoms with E-state index in [1.807, 2.05) is 6.07 Å². The number of benzene rings is 1. The molecule has 24 heavy (non-hydrogen) atoms. The van der Waals surface area contributed by atoms with Gasteiger partial charge in [-0.3, -0.25) is 9.59 Å². The maximum atomic E-state index is 13.4. The number of carboxylic acid groups (broad SMARTS) is 1. The minimum absolute atomic E-state index is 0.0465. The number of halogens is 1. The van der Waals surface area contributed by atoms with E-state index in [1.165, 1.54) is 12.1 Å². The Morgan fingerprint density at radius 3 is 2.58 bits per heavy atom. The van der Waals surface area contributed by atoms with Crippen LogP contribution in [-0.2, 0) is 16.0 Å². The van der Waals surface area contributed by atoms with Crippen molar-refractivity contribution in [3.05, 3.63) is 35.6 Å². The lowest BCUT2D eigenvalue weighted by atomic mass is 9.64. The van der Waals surface area contributed by atoms with Crippen LogP contribution in [0.2, 0.25) is 0 Å². The summed E-state index contributed by atoms with van der Waals surface area (Å²) in [5.74, 6) is -1.08. The molecule has 1 amide bonds. The Kier molecular flexibility index (Phi) is 4.37. The normalized spacial score (nSPS) is 25.8. The van der Waals surface area contributed by atoms with Crippen molar-refractivity contribution in [2.45, 2.75) is 45.4 Å². The summed E-state index contributed by atoms with van der Waals surface area (Å²) in [5.41, 5.74) is -0.511. The highest BCUT2D eigenvalue weighted by Gasteiger charge is 2.49. The predicted octanol–water partition coefficient (Wildman–Crippen LogP) is 3.25. The van der Waals surface area contributed by atoms with E-state index in [0.29, 0.717) is 25.8 Å². The first kappa shape index (κ1) is 16.9. The number of aliphatic carboxylic acids is 1. The van der Waals surface area contributed by atoms with E-state index in [1.54, 1.807) is 17.9 Å². The Balaban J connectivity index is 1.77. The summed E-state index contributed by atoms with van der Waals surface area (Å²) in [5, 5.41) is 9.46. The summed E-state index contributed by atoms with van der Waals surface area (Å²) in [7, 11) is 0. The van der Waals surface area contributed by atoms with Gasteiger partial charge in [-0.15, -0.1) is 0 Å². The molecule has 0 aromatic heterocycles. The molecule has 1 unspecified atom stereocenters. The first-order valence-electron chi connectivity index (χ1n) is 8.62. The smallest absolute Gasteiger partial charge is 0.311 e. The fourth-order valence-corrected chi connectivity index (χ4v) is 4.03. The molecule has 1 heterocycles. The molecule has 3 rings (SSSR count). The van der Waals surface area contributed by atoms with Crippen molar-refractivity contribution in [3.8, 4) is 0 Å². The van der Waals surface area contributed by atoms with Crippen molar-refractivity contribution < 1.29 is 19.1 Å². The second-order valence-electron chi connectivity index (χ2n) is 7.64. The van der Waals surface area contributed by atoms with Crippen LogP contribution < -0.4 is 0 Å².